The second-order valence-electron chi connectivity index (χ2n) is 9.56. The molecule has 0 saturated carbocycles. The Morgan fingerprint density at radius 1 is 1.10 bits per heavy atom. The fraction of sp³-hybridized carbons (Fsp3) is 0.250. The zero-order valence-electron chi connectivity index (χ0n) is 22.9. The summed E-state index contributed by atoms with van der Waals surface area (Å²) in [5.41, 5.74) is 2.28. The highest BCUT2D eigenvalue weighted by molar-refractivity contribution is 6.04. The van der Waals surface area contributed by atoms with E-state index < -0.39 is 23.8 Å². The number of amides is 1. The molecule has 13 heteroatoms. The monoisotopic (exact) mass is 571 g/mol. The Kier molecular flexibility index (Phi) is 8.47. The number of alkyl halides is 3. The number of aromatic nitrogens is 3. The van der Waals surface area contributed by atoms with Crippen LogP contribution in [0.2, 0.25) is 0 Å². The molecule has 41 heavy (non-hydrogen) atoms. The summed E-state index contributed by atoms with van der Waals surface area (Å²) in [6, 6.07) is 11.7. The number of halogens is 4. The van der Waals surface area contributed by atoms with Gasteiger partial charge >= 0.3 is 6.36 Å². The van der Waals surface area contributed by atoms with Crippen molar-refractivity contribution in [3.8, 4) is 17.0 Å². The highest BCUT2D eigenvalue weighted by atomic mass is 19.4. The van der Waals surface area contributed by atoms with Crippen LogP contribution in [0, 0.1) is 0 Å². The molecule has 4 rings (SSSR count). The number of para-hydroxylation sites is 1. The van der Waals surface area contributed by atoms with Crippen LogP contribution < -0.4 is 20.3 Å². The van der Waals surface area contributed by atoms with Crippen LogP contribution in [0.1, 0.15) is 0 Å². The lowest BCUT2D eigenvalue weighted by atomic mass is 10.1. The molecule has 0 bridgehead atoms. The summed E-state index contributed by atoms with van der Waals surface area (Å²) in [6.45, 7) is 3.91. The second kappa shape index (κ2) is 11.8. The lowest BCUT2D eigenvalue weighted by molar-refractivity contribution is -0.274. The van der Waals surface area contributed by atoms with Gasteiger partial charge < -0.3 is 29.7 Å². The van der Waals surface area contributed by atoms with E-state index in [4.69, 9.17) is 0 Å². The third-order valence-corrected chi connectivity index (χ3v) is 6.19. The molecule has 4 aromatic rings. The van der Waals surface area contributed by atoms with E-state index in [0.717, 1.165) is 22.5 Å². The van der Waals surface area contributed by atoms with Crippen molar-refractivity contribution in [2.24, 2.45) is 7.05 Å². The van der Waals surface area contributed by atoms with E-state index in [9.17, 15) is 22.4 Å². The smallest absolute Gasteiger partial charge is 0.403 e. The van der Waals surface area contributed by atoms with Gasteiger partial charge in [0, 0.05) is 62.1 Å². The van der Waals surface area contributed by atoms with Gasteiger partial charge in [-0.3, -0.25) is 4.79 Å². The second-order valence-corrected chi connectivity index (χ2v) is 9.56. The Morgan fingerprint density at radius 3 is 2.51 bits per heavy atom. The van der Waals surface area contributed by atoms with Crippen LogP contribution in [0.3, 0.4) is 0 Å². The summed E-state index contributed by atoms with van der Waals surface area (Å²) in [7, 11) is 7.19. The third-order valence-electron chi connectivity index (χ3n) is 6.19. The standard InChI is InChI=1S/C28H29F4N7O2/c1-17(29)26(40)34-21-14-22(25(41-28(30,31)32)15-24(21)38(4)13-12-37(2)3)36-27-33-11-10-20(35-27)19-16-39(5)23-9-7-6-8-18(19)23/h6-11,14-16H,1,12-13H2,2-5H3,(H,34,40)(H,33,35,36). The van der Waals surface area contributed by atoms with Crippen molar-refractivity contribution < 1.29 is 27.1 Å². The third kappa shape index (κ3) is 7.11. The van der Waals surface area contributed by atoms with Crippen molar-refractivity contribution in [2.45, 2.75) is 6.36 Å². The first-order valence-electron chi connectivity index (χ1n) is 12.4. The number of nitrogens with one attached hydrogen (secondary N) is 2. The number of hydrogen-bond donors (Lipinski definition) is 2. The van der Waals surface area contributed by atoms with Crippen molar-refractivity contribution in [2.75, 3.05) is 49.8 Å². The quantitative estimate of drug-likeness (QED) is 0.187. The summed E-state index contributed by atoms with van der Waals surface area (Å²) in [6.07, 6.45) is -1.67. The predicted molar refractivity (Wildman–Crippen MR) is 151 cm³/mol. The summed E-state index contributed by atoms with van der Waals surface area (Å²) in [4.78, 5) is 24.3. The molecule has 0 fully saturated rings. The zero-order chi connectivity index (χ0) is 29.9. The number of carbonyl (C=O) groups is 1. The molecular weight excluding hydrogens is 542 g/mol. The molecule has 9 nitrogen and oxygen atoms in total. The fourth-order valence-electron chi connectivity index (χ4n) is 4.19. The minimum absolute atomic E-state index is 0.0247. The largest absolute Gasteiger partial charge is 0.573 e. The van der Waals surface area contributed by atoms with Gasteiger partial charge in [0.15, 0.2) is 11.6 Å². The normalized spacial score (nSPS) is 11.5. The average Bonchev–Trinajstić information content (AvgIpc) is 3.24. The minimum atomic E-state index is -5.03. The molecule has 2 aromatic carbocycles. The van der Waals surface area contributed by atoms with Gasteiger partial charge in [0.05, 0.1) is 22.8 Å². The van der Waals surface area contributed by atoms with Gasteiger partial charge in [-0.1, -0.05) is 24.8 Å². The van der Waals surface area contributed by atoms with Crippen molar-refractivity contribution in [1.29, 1.82) is 0 Å². The molecule has 2 heterocycles. The molecule has 0 radical (unpaired) electrons. The predicted octanol–water partition coefficient (Wildman–Crippen LogP) is 5.70. The van der Waals surface area contributed by atoms with Crippen LogP contribution in [0.4, 0.5) is 40.6 Å². The molecule has 0 aliphatic heterocycles. The molecule has 0 aliphatic carbocycles. The van der Waals surface area contributed by atoms with Gasteiger partial charge in [-0.05, 0) is 32.3 Å². The van der Waals surface area contributed by atoms with Crippen molar-refractivity contribution in [3.05, 3.63) is 67.3 Å². The summed E-state index contributed by atoms with van der Waals surface area (Å²) >= 11 is 0. The van der Waals surface area contributed by atoms with Gasteiger partial charge in [0.2, 0.25) is 5.95 Å². The van der Waals surface area contributed by atoms with E-state index >= 15 is 0 Å². The Morgan fingerprint density at radius 2 is 1.83 bits per heavy atom. The summed E-state index contributed by atoms with van der Waals surface area (Å²) < 4.78 is 60.3. The maximum absolute atomic E-state index is 13.6. The summed E-state index contributed by atoms with van der Waals surface area (Å²) in [5.74, 6) is -3.02. The number of ether oxygens (including phenoxy) is 1. The van der Waals surface area contributed by atoms with Gasteiger partial charge in [-0.2, -0.15) is 0 Å². The molecule has 0 unspecified atom stereocenters. The number of carbonyl (C=O) groups excluding carboxylic acids is 1. The molecule has 0 atom stereocenters. The molecule has 216 valence electrons. The molecule has 2 aromatic heterocycles. The maximum atomic E-state index is 13.6. The van der Waals surface area contributed by atoms with Crippen LogP contribution in [-0.2, 0) is 11.8 Å². The van der Waals surface area contributed by atoms with Crippen molar-refractivity contribution >= 4 is 39.8 Å². The first-order chi connectivity index (χ1) is 19.3. The van der Waals surface area contributed by atoms with E-state index in [0.29, 0.717) is 18.8 Å². The number of anilines is 4. The zero-order valence-corrected chi connectivity index (χ0v) is 22.9. The fourth-order valence-corrected chi connectivity index (χ4v) is 4.19. The lowest BCUT2D eigenvalue weighted by Crippen LogP contribution is -2.29. The van der Waals surface area contributed by atoms with Gasteiger partial charge in [0.1, 0.15) is 0 Å². The number of benzene rings is 2. The molecule has 0 aliphatic rings. The first-order valence-corrected chi connectivity index (χ1v) is 12.4. The van der Waals surface area contributed by atoms with E-state index in [1.54, 1.807) is 18.0 Å². The average molecular weight is 572 g/mol. The Labute approximate surface area is 234 Å². The van der Waals surface area contributed by atoms with Crippen LogP contribution in [0.15, 0.2) is 67.3 Å². The number of nitrogens with zero attached hydrogens (tertiary/aromatic N) is 5. The molecule has 1 amide bonds. The number of fused-ring (bicyclic) bond motifs is 1. The van der Waals surface area contributed by atoms with Crippen LogP contribution in [0.5, 0.6) is 5.75 Å². The molecule has 0 spiro atoms. The highest BCUT2D eigenvalue weighted by Gasteiger charge is 2.33. The van der Waals surface area contributed by atoms with E-state index in [2.05, 4.69) is 31.9 Å². The minimum Gasteiger partial charge on any atom is -0.403 e. The van der Waals surface area contributed by atoms with Crippen LogP contribution in [0.25, 0.3) is 22.2 Å². The van der Waals surface area contributed by atoms with Crippen LogP contribution in [-0.4, -0.2) is 65.9 Å². The Bertz CT molecular complexity index is 1580. The lowest BCUT2D eigenvalue weighted by Gasteiger charge is -2.26. The number of hydrogen-bond acceptors (Lipinski definition) is 7. The topological polar surface area (TPSA) is 87.5 Å². The maximum Gasteiger partial charge on any atom is 0.573 e. The van der Waals surface area contributed by atoms with Gasteiger partial charge in [-0.25, -0.2) is 14.4 Å². The molecule has 2 N–H and O–H groups in total. The van der Waals surface area contributed by atoms with Crippen molar-refractivity contribution in [1.82, 2.24) is 19.4 Å². The molecular formula is C28H29F4N7O2. The molecule has 0 saturated heterocycles. The van der Waals surface area contributed by atoms with Gasteiger partial charge in [0.25, 0.3) is 5.91 Å². The first kappa shape index (κ1) is 29.3. The Balaban J connectivity index is 1.78. The van der Waals surface area contributed by atoms with Gasteiger partial charge in [-0.15, -0.1) is 13.2 Å². The summed E-state index contributed by atoms with van der Waals surface area (Å²) in [5, 5.41) is 6.07. The number of likely N-dealkylation sites (N-methyl/N-ethyl adjacent to an activating group) is 2. The highest BCUT2D eigenvalue weighted by Crippen LogP contribution is 2.40. The Hall–Kier alpha value is -4.65. The van der Waals surface area contributed by atoms with E-state index in [1.807, 2.05) is 61.1 Å². The van der Waals surface area contributed by atoms with Crippen LogP contribution >= 0.6 is 0 Å². The van der Waals surface area contributed by atoms with E-state index in [1.165, 1.54) is 12.3 Å². The number of aryl methyl sites for hydroxylation is 1. The van der Waals surface area contributed by atoms with Crippen molar-refractivity contribution in [3.63, 3.8) is 0 Å². The SMILES string of the molecule is C=C(F)C(=O)Nc1cc(Nc2nccc(-c3cn(C)c4ccccc34)n2)c(OC(F)(F)F)cc1N(C)CCN(C)C. The number of rotatable bonds is 10. The van der Waals surface area contributed by atoms with E-state index in [-0.39, 0.29) is 23.0 Å².